The molecule has 2 aromatic rings. The van der Waals surface area contributed by atoms with Gasteiger partial charge >= 0.3 is 0 Å². The monoisotopic (exact) mass is 319 g/mol. The van der Waals surface area contributed by atoms with Crippen LogP contribution in [0.1, 0.15) is 6.42 Å². The first-order chi connectivity index (χ1) is 11.1. The Morgan fingerprint density at radius 2 is 2.17 bits per heavy atom. The molecule has 1 fully saturated rings. The van der Waals surface area contributed by atoms with E-state index in [1.165, 1.54) is 6.20 Å². The molecule has 0 saturated carbocycles. The van der Waals surface area contributed by atoms with Crippen LogP contribution in [0.4, 0.5) is 4.39 Å². The largest absolute Gasteiger partial charge is 0.497 e. The van der Waals surface area contributed by atoms with Crippen LogP contribution >= 0.6 is 0 Å². The van der Waals surface area contributed by atoms with Gasteiger partial charge in [0, 0.05) is 38.7 Å². The summed E-state index contributed by atoms with van der Waals surface area (Å²) in [5.74, 6) is 0.309. The second kappa shape index (κ2) is 6.45. The average molecular weight is 319 g/mol. The van der Waals surface area contributed by atoms with E-state index in [1.807, 2.05) is 4.90 Å². The number of alkyl halides is 1. The number of hydrogen-bond acceptors (Lipinski definition) is 5. The van der Waals surface area contributed by atoms with E-state index in [0.29, 0.717) is 36.4 Å². The van der Waals surface area contributed by atoms with Crippen LogP contribution < -0.4 is 10.3 Å². The summed E-state index contributed by atoms with van der Waals surface area (Å²) in [4.78, 5) is 29.4. The molecule has 0 amide bonds. The summed E-state index contributed by atoms with van der Waals surface area (Å²) < 4.78 is 20.3. The van der Waals surface area contributed by atoms with Gasteiger partial charge in [-0.05, 0) is 12.1 Å². The van der Waals surface area contributed by atoms with Gasteiger partial charge in [-0.25, -0.2) is 9.37 Å². The Hall–Kier alpha value is -2.28. The van der Waals surface area contributed by atoms with Crippen molar-refractivity contribution in [2.24, 2.45) is 0 Å². The topological polar surface area (TPSA) is 64.4 Å². The molecule has 122 valence electrons. The van der Waals surface area contributed by atoms with Crippen LogP contribution in [0.2, 0.25) is 0 Å². The molecule has 2 heterocycles. The molecule has 3 rings (SSSR count). The zero-order chi connectivity index (χ0) is 16.4. The number of piperidine rings is 1. The van der Waals surface area contributed by atoms with E-state index in [1.54, 1.807) is 29.9 Å². The summed E-state index contributed by atoms with van der Waals surface area (Å²) in [6, 6.07) is 5.34. The SMILES string of the molecule is COc1ccc2ncc(=O)n(CCN3CCC(=O)C(F)C3)c2c1. The van der Waals surface area contributed by atoms with Gasteiger partial charge in [0.25, 0.3) is 5.56 Å². The van der Waals surface area contributed by atoms with E-state index in [0.717, 1.165) is 0 Å². The van der Waals surface area contributed by atoms with E-state index in [2.05, 4.69) is 4.98 Å². The second-order valence-corrected chi connectivity index (χ2v) is 5.59. The lowest BCUT2D eigenvalue weighted by Gasteiger charge is -2.28. The highest BCUT2D eigenvalue weighted by molar-refractivity contribution is 5.84. The maximum Gasteiger partial charge on any atom is 0.269 e. The van der Waals surface area contributed by atoms with E-state index < -0.39 is 6.17 Å². The summed E-state index contributed by atoms with van der Waals surface area (Å²) in [7, 11) is 1.56. The van der Waals surface area contributed by atoms with Gasteiger partial charge in [-0.3, -0.25) is 14.5 Å². The van der Waals surface area contributed by atoms with Crippen LogP contribution in [-0.2, 0) is 11.3 Å². The quantitative estimate of drug-likeness (QED) is 0.842. The number of nitrogens with zero attached hydrogens (tertiary/aromatic N) is 3. The van der Waals surface area contributed by atoms with Crippen LogP contribution in [-0.4, -0.2) is 53.1 Å². The number of ether oxygens (including phenoxy) is 1. The number of Topliss-reactive ketones (excluding diaryl/α,β-unsaturated/α-hetero) is 1. The lowest BCUT2D eigenvalue weighted by molar-refractivity contribution is -0.127. The molecule has 0 N–H and O–H groups in total. The van der Waals surface area contributed by atoms with E-state index in [4.69, 9.17) is 4.74 Å². The minimum atomic E-state index is -1.42. The highest BCUT2D eigenvalue weighted by Gasteiger charge is 2.26. The molecular formula is C16H18FN3O3. The predicted molar refractivity (Wildman–Crippen MR) is 83.5 cm³/mol. The maximum absolute atomic E-state index is 13.5. The van der Waals surface area contributed by atoms with E-state index in [-0.39, 0.29) is 24.3 Å². The molecule has 1 aliphatic heterocycles. The normalized spacial score (nSPS) is 19.2. The molecule has 1 saturated heterocycles. The second-order valence-electron chi connectivity index (χ2n) is 5.59. The van der Waals surface area contributed by atoms with E-state index in [9.17, 15) is 14.0 Å². The number of ketones is 1. The van der Waals surface area contributed by atoms with Crippen molar-refractivity contribution < 1.29 is 13.9 Å². The van der Waals surface area contributed by atoms with Gasteiger partial charge < -0.3 is 9.30 Å². The lowest BCUT2D eigenvalue weighted by atomic mass is 10.1. The average Bonchev–Trinajstić information content (AvgIpc) is 2.56. The predicted octanol–water partition coefficient (Wildman–Crippen LogP) is 1.02. The molecule has 1 unspecified atom stereocenters. The molecular weight excluding hydrogens is 301 g/mol. The Balaban J connectivity index is 1.83. The number of benzene rings is 1. The summed E-state index contributed by atoms with van der Waals surface area (Å²) in [5.41, 5.74) is 1.17. The molecule has 23 heavy (non-hydrogen) atoms. The number of likely N-dealkylation sites (tertiary alicyclic amines) is 1. The highest BCUT2D eigenvalue weighted by atomic mass is 19.1. The molecule has 1 aliphatic rings. The number of fused-ring (bicyclic) bond motifs is 1. The summed E-state index contributed by atoms with van der Waals surface area (Å²) >= 11 is 0. The summed E-state index contributed by atoms with van der Waals surface area (Å²) in [5, 5.41) is 0. The van der Waals surface area contributed by atoms with Gasteiger partial charge in [0.15, 0.2) is 12.0 Å². The number of halogens is 1. The molecule has 6 nitrogen and oxygen atoms in total. The van der Waals surface area contributed by atoms with Gasteiger partial charge in [0.1, 0.15) is 5.75 Å². The Labute approximate surface area is 132 Å². The third kappa shape index (κ3) is 3.24. The molecule has 1 aromatic carbocycles. The van der Waals surface area contributed by atoms with Gasteiger partial charge in [-0.2, -0.15) is 0 Å². The molecule has 0 aliphatic carbocycles. The zero-order valence-corrected chi connectivity index (χ0v) is 12.9. The third-order valence-electron chi connectivity index (χ3n) is 4.14. The Bertz CT molecular complexity index is 790. The van der Waals surface area contributed by atoms with Crippen LogP contribution in [0.15, 0.2) is 29.2 Å². The minimum Gasteiger partial charge on any atom is -0.497 e. The number of rotatable bonds is 4. The van der Waals surface area contributed by atoms with Crippen molar-refractivity contribution in [3.63, 3.8) is 0 Å². The Morgan fingerprint density at radius 1 is 1.35 bits per heavy atom. The molecule has 0 radical (unpaired) electrons. The number of hydrogen-bond donors (Lipinski definition) is 0. The van der Waals surface area contributed by atoms with Gasteiger partial charge in [0.2, 0.25) is 0 Å². The fraction of sp³-hybridized carbons (Fsp3) is 0.438. The smallest absolute Gasteiger partial charge is 0.269 e. The summed E-state index contributed by atoms with van der Waals surface area (Å²) in [6.45, 7) is 1.54. The Morgan fingerprint density at radius 3 is 2.91 bits per heavy atom. The summed E-state index contributed by atoms with van der Waals surface area (Å²) in [6.07, 6.45) is 0.0859. The fourth-order valence-electron chi connectivity index (χ4n) is 2.79. The van der Waals surface area contributed by atoms with Crippen LogP contribution in [0.3, 0.4) is 0 Å². The van der Waals surface area contributed by atoms with Crippen molar-refractivity contribution in [1.29, 1.82) is 0 Å². The molecule has 7 heteroatoms. The zero-order valence-electron chi connectivity index (χ0n) is 12.9. The van der Waals surface area contributed by atoms with Crippen LogP contribution in [0.25, 0.3) is 11.0 Å². The first-order valence-corrected chi connectivity index (χ1v) is 7.51. The van der Waals surface area contributed by atoms with Crippen molar-refractivity contribution in [3.05, 3.63) is 34.7 Å². The van der Waals surface area contributed by atoms with Crippen LogP contribution in [0.5, 0.6) is 5.75 Å². The third-order valence-corrected chi connectivity index (χ3v) is 4.14. The number of carbonyl (C=O) groups is 1. The molecule has 1 aromatic heterocycles. The lowest BCUT2D eigenvalue weighted by Crippen LogP contribution is -2.43. The standard InChI is InChI=1S/C16H18FN3O3/c1-23-11-2-3-13-14(8-11)20(16(22)9-18-13)7-6-19-5-4-15(21)12(17)10-19/h2-3,8-9,12H,4-7,10H2,1H3. The maximum atomic E-state index is 13.5. The Kier molecular flexibility index (Phi) is 4.38. The van der Waals surface area contributed by atoms with Gasteiger partial charge in [0.05, 0.1) is 24.3 Å². The van der Waals surface area contributed by atoms with Crippen LogP contribution in [0, 0.1) is 0 Å². The van der Waals surface area contributed by atoms with Crippen molar-refractivity contribution in [1.82, 2.24) is 14.5 Å². The number of carbonyl (C=O) groups excluding carboxylic acids is 1. The first kappa shape index (κ1) is 15.6. The van der Waals surface area contributed by atoms with Crippen molar-refractivity contribution in [2.45, 2.75) is 19.1 Å². The molecule has 1 atom stereocenters. The van der Waals surface area contributed by atoms with Crippen molar-refractivity contribution in [3.8, 4) is 5.75 Å². The highest BCUT2D eigenvalue weighted by Crippen LogP contribution is 2.18. The molecule has 0 spiro atoms. The first-order valence-electron chi connectivity index (χ1n) is 7.51. The van der Waals surface area contributed by atoms with Gasteiger partial charge in [-0.1, -0.05) is 0 Å². The number of methoxy groups -OCH3 is 1. The fourth-order valence-corrected chi connectivity index (χ4v) is 2.79. The van der Waals surface area contributed by atoms with Crippen molar-refractivity contribution >= 4 is 16.8 Å². The molecule has 0 bridgehead atoms. The minimum absolute atomic E-state index is 0.0971. The number of aromatic nitrogens is 2. The van der Waals surface area contributed by atoms with Crippen molar-refractivity contribution in [2.75, 3.05) is 26.7 Å². The van der Waals surface area contributed by atoms with E-state index >= 15 is 0 Å². The van der Waals surface area contributed by atoms with Gasteiger partial charge in [-0.15, -0.1) is 0 Å².